The summed E-state index contributed by atoms with van der Waals surface area (Å²) in [5.74, 6) is 1.17. The van der Waals surface area contributed by atoms with E-state index in [-0.39, 0.29) is 4.90 Å². The second-order valence-electron chi connectivity index (χ2n) is 6.38. The maximum absolute atomic E-state index is 11.7. The topological polar surface area (TPSA) is 65.5 Å². The monoisotopic (exact) mass is 437 g/mol. The van der Waals surface area contributed by atoms with Gasteiger partial charge in [0.25, 0.3) is 0 Å². The molecule has 0 radical (unpaired) electrons. The molecule has 1 aromatic heterocycles. The smallest absolute Gasteiger partial charge is 0.218 e. The van der Waals surface area contributed by atoms with Gasteiger partial charge < -0.3 is 9.47 Å². The van der Waals surface area contributed by atoms with Crippen molar-refractivity contribution in [3.05, 3.63) is 58.4 Å². The molecule has 2 heterocycles. The Balaban J connectivity index is 2.03. The highest BCUT2D eigenvalue weighted by Crippen LogP contribution is 2.41. The van der Waals surface area contributed by atoms with Gasteiger partial charge in [-0.2, -0.15) is 0 Å². The fourth-order valence-corrected chi connectivity index (χ4v) is 3.77. The van der Waals surface area contributed by atoms with Crippen molar-refractivity contribution in [2.24, 2.45) is 0 Å². The molecule has 0 amide bonds. The van der Waals surface area contributed by atoms with Crippen molar-refractivity contribution in [3.63, 3.8) is 0 Å². The Morgan fingerprint density at radius 1 is 1.23 bits per heavy atom. The summed E-state index contributed by atoms with van der Waals surface area (Å²) in [6, 6.07) is 10.5. The number of halogens is 1. The van der Waals surface area contributed by atoms with E-state index >= 15 is 0 Å². The lowest BCUT2D eigenvalue weighted by molar-refractivity contribution is 0.0370. The molecule has 5 nitrogen and oxygen atoms in total. The van der Waals surface area contributed by atoms with E-state index in [9.17, 15) is 8.42 Å². The van der Waals surface area contributed by atoms with Gasteiger partial charge in [-0.3, -0.25) is 0 Å². The van der Waals surface area contributed by atoms with Crippen LogP contribution in [0.4, 0.5) is 0 Å². The fraction of sp³-hybridized carbons (Fsp3) is 0.316. The van der Waals surface area contributed by atoms with Crippen LogP contribution in [0.25, 0.3) is 5.57 Å². The maximum atomic E-state index is 11.7. The van der Waals surface area contributed by atoms with Gasteiger partial charge >= 0.3 is 0 Å². The van der Waals surface area contributed by atoms with Crippen LogP contribution >= 0.6 is 15.9 Å². The maximum Gasteiger partial charge on any atom is 0.218 e. The first-order valence-corrected chi connectivity index (χ1v) is 10.9. The summed E-state index contributed by atoms with van der Waals surface area (Å²) >= 11 is 3.35. The molecule has 2 aromatic rings. The third-order valence-corrected chi connectivity index (χ3v) is 6.10. The lowest BCUT2D eigenvalue weighted by atomic mass is 9.88. The number of aromatic nitrogens is 1. The average Bonchev–Trinajstić information content (AvgIpc) is 2.93. The van der Waals surface area contributed by atoms with Crippen LogP contribution in [-0.2, 0) is 14.6 Å². The van der Waals surface area contributed by atoms with E-state index in [2.05, 4.69) is 20.9 Å². The molecule has 138 valence electrons. The van der Waals surface area contributed by atoms with Crippen molar-refractivity contribution < 1.29 is 17.9 Å². The SMILES string of the molecule is CC[C@@]1(C)OCC(Oc2ccc(Br)cn2)=C1c1ccc(S(C)(=O)=O)cc1. The number of sulfone groups is 1. The summed E-state index contributed by atoms with van der Waals surface area (Å²) in [5.41, 5.74) is 1.30. The zero-order valence-electron chi connectivity index (χ0n) is 14.8. The lowest BCUT2D eigenvalue weighted by Crippen LogP contribution is -2.25. The Kier molecular flexibility index (Phi) is 5.23. The van der Waals surface area contributed by atoms with Gasteiger partial charge in [-0.05, 0) is 53.0 Å². The predicted molar refractivity (Wildman–Crippen MR) is 104 cm³/mol. The molecule has 3 rings (SSSR count). The van der Waals surface area contributed by atoms with Crippen molar-refractivity contribution >= 4 is 31.3 Å². The van der Waals surface area contributed by atoms with Gasteiger partial charge in [0.15, 0.2) is 9.84 Å². The minimum atomic E-state index is -3.24. The standard InChI is InChI=1S/C19H20BrNO4S/c1-4-19(2)18(13-5-8-15(9-6-13)26(3,22)23)16(12-24-19)25-17-10-7-14(20)11-21-17/h5-11H,4,12H2,1-3H3/t19-/m1/s1. The highest BCUT2D eigenvalue weighted by molar-refractivity contribution is 9.10. The molecule has 1 aliphatic rings. The van der Waals surface area contributed by atoms with Crippen LogP contribution in [0.15, 0.2) is 57.7 Å². The number of rotatable bonds is 5. The van der Waals surface area contributed by atoms with Crippen LogP contribution in [0.1, 0.15) is 25.8 Å². The molecular weight excluding hydrogens is 418 g/mol. The predicted octanol–water partition coefficient (Wildman–Crippen LogP) is 4.24. The molecule has 0 saturated heterocycles. The molecule has 0 saturated carbocycles. The van der Waals surface area contributed by atoms with Crippen LogP contribution in [0.3, 0.4) is 0 Å². The molecule has 0 spiro atoms. The van der Waals surface area contributed by atoms with Gasteiger partial charge in [-0.1, -0.05) is 19.1 Å². The van der Waals surface area contributed by atoms with E-state index < -0.39 is 15.4 Å². The Morgan fingerprint density at radius 3 is 2.46 bits per heavy atom. The van der Waals surface area contributed by atoms with Gasteiger partial charge in [0, 0.05) is 28.6 Å². The van der Waals surface area contributed by atoms with Gasteiger partial charge in [-0.15, -0.1) is 0 Å². The van der Waals surface area contributed by atoms with Crippen molar-refractivity contribution in [1.29, 1.82) is 0 Å². The van der Waals surface area contributed by atoms with Gasteiger partial charge in [-0.25, -0.2) is 13.4 Å². The van der Waals surface area contributed by atoms with Crippen molar-refractivity contribution in [2.75, 3.05) is 12.9 Å². The van der Waals surface area contributed by atoms with Gasteiger partial charge in [0.1, 0.15) is 12.4 Å². The minimum absolute atomic E-state index is 0.288. The summed E-state index contributed by atoms with van der Waals surface area (Å²) in [7, 11) is -3.24. The third kappa shape index (κ3) is 3.84. The van der Waals surface area contributed by atoms with Crippen molar-refractivity contribution in [3.8, 4) is 5.88 Å². The van der Waals surface area contributed by atoms with E-state index in [0.29, 0.717) is 18.2 Å². The van der Waals surface area contributed by atoms with E-state index in [1.165, 1.54) is 6.26 Å². The van der Waals surface area contributed by atoms with Crippen LogP contribution in [0, 0.1) is 0 Å². The van der Waals surface area contributed by atoms with E-state index in [1.807, 2.05) is 19.9 Å². The summed E-state index contributed by atoms with van der Waals surface area (Å²) in [4.78, 5) is 4.54. The number of hydrogen-bond donors (Lipinski definition) is 0. The minimum Gasteiger partial charge on any atom is -0.441 e. The second kappa shape index (κ2) is 7.13. The van der Waals surface area contributed by atoms with Crippen LogP contribution in [0.2, 0.25) is 0 Å². The zero-order valence-corrected chi connectivity index (χ0v) is 17.2. The molecule has 26 heavy (non-hydrogen) atoms. The number of hydrogen-bond acceptors (Lipinski definition) is 5. The highest BCUT2D eigenvalue weighted by Gasteiger charge is 2.39. The van der Waals surface area contributed by atoms with Crippen molar-refractivity contribution in [2.45, 2.75) is 30.8 Å². The molecular formula is C19H20BrNO4S. The Morgan fingerprint density at radius 2 is 1.92 bits per heavy atom. The number of nitrogens with zero attached hydrogens (tertiary/aromatic N) is 1. The average molecular weight is 438 g/mol. The second-order valence-corrected chi connectivity index (χ2v) is 9.32. The van der Waals surface area contributed by atoms with Gasteiger partial charge in [0.05, 0.1) is 10.5 Å². The first-order valence-electron chi connectivity index (χ1n) is 8.20. The molecule has 7 heteroatoms. The number of benzene rings is 1. The molecule has 0 fully saturated rings. The first kappa shape index (κ1) is 19.1. The normalized spacial score (nSPS) is 20.5. The molecule has 1 atom stereocenters. The number of ether oxygens (including phenoxy) is 2. The van der Waals surface area contributed by atoms with Crippen LogP contribution in [0.5, 0.6) is 5.88 Å². The lowest BCUT2D eigenvalue weighted by Gasteiger charge is -2.25. The third-order valence-electron chi connectivity index (χ3n) is 4.50. The Bertz CT molecular complexity index is 937. The van der Waals surface area contributed by atoms with Crippen LogP contribution in [-0.4, -0.2) is 31.9 Å². The largest absolute Gasteiger partial charge is 0.441 e. The van der Waals surface area contributed by atoms with Crippen LogP contribution < -0.4 is 4.74 Å². The van der Waals surface area contributed by atoms with E-state index in [4.69, 9.17) is 9.47 Å². The first-order chi connectivity index (χ1) is 12.2. The Hall–Kier alpha value is -1.70. The van der Waals surface area contributed by atoms with Gasteiger partial charge in [0.2, 0.25) is 5.88 Å². The molecule has 0 bridgehead atoms. The molecule has 1 aliphatic heterocycles. The highest BCUT2D eigenvalue weighted by atomic mass is 79.9. The van der Waals surface area contributed by atoms with E-state index in [0.717, 1.165) is 22.0 Å². The Labute approximate surface area is 162 Å². The fourth-order valence-electron chi connectivity index (χ4n) is 2.91. The summed E-state index contributed by atoms with van der Waals surface area (Å²) in [6.45, 7) is 4.40. The summed E-state index contributed by atoms with van der Waals surface area (Å²) in [6.07, 6.45) is 3.63. The summed E-state index contributed by atoms with van der Waals surface area (Å²) in [5, 5.41) is 0. The van der Waals surface area contributed by atoms with Crippen molar-refractivity contribution in [1.82, 2.24) is 4.98 Å². The van der Waals surface area contributed by atoms with E-state index in [1.54, 1.807) is 36.5 Å². The quantitative estimate of drug-likeness (QED) is 0.699. The molecule has 0 N–H and O–H groups in total. The molecule has 0 aliphatic carbocycles. The molecule has 0 unspecified atom stereocenters. The zero-order chi connectivity index (χ0) is 18.9. The number of pyridine rings is 1. The molecule has 1 aromatic carbocycles. The summed E-state index contributed by atoms with van der Waals surface area (Å²) < 4.78 is 36.3.